The summed E-state index contributed by atoms with van der Waals surface area (Å²) < 4.78 is 3.02. The van der Waals surface area contributed by atoms with Crippen molar-refractivity contribution < 1.29 is 4.79 Å². The number of Topliss-reactive ketones (excluding diaryl/α,β-unsaturated/α-hetero) is 1. The number of nitrogens with one attached hydrogen (secondary N) is 1. The van der Waals surface area contributed by atoms with E-state index in [1.54, 1.807) is 0 Å². The van der Waals surface area contributed by atoms with E-state index in [4.69, 9.17) is 0 Å². The minimum atomic E-state index is -0.149. The molecule has 3 nitrogen and oxygen atoms in total. The summed E-state index contributed by atoms with van der Waals surface area (Å²) >= 11 is 3.46. The molecule has 1 unspecified atom stereocenters. The van der Waals surface area contributed by atoms with Crippen LogP contribution in [0.4, 0.5) is 0 Å². The van der Waals surface area contributed by atoms with Crippen molar-refractivity contribution in [1.29, 1.82) is 0 Å². The molecule has 0 fully saturated rings. The minimum absolute atomic E-state index is 0.143. The summed E-state index contributed by atoms with van der Waals surface area (Å²) in [6.07, 6.45) is 1.91. The van der Waals surface area contributed by atoms with E-state index in [2.05, 4.69) is 21.2 Å². The summed E-state index contributed by atoms with van der Waals surface area (Å²) in [6, 6.07) is 5.84. The van der Waals surface area contributed by atoms with Crippen LogP contribution < -0.4 is 5.32 Å². The number of likely N-dealkylation sites (N-methyl/N-ethyl adjacent to an activating group) is 1. The molecule has 1 aromatic heterocycles. The Hall–Kier alpha value is -1.13. The Balaban J connectivity index is 2.49. The van der Waals surface area contributed by atoms with Gasteiger partial charge in [0.05, 0.1) is 6.04 Å². The van der Waals surface area contributed by atoms with Crippen LogP contribution in [-0.4, -0.2) is 22.9 Å². The molecule has 1 aromatic carbocycles. The molecule has 0 aliphatic rings. The third-order valence-electron chi connectivity index (χ3n) is 3.12. The molecule has 2 aromatic rings. The number of rotatable bonds is 4. The lowest BCUT2D eigenvalue weighted by Gasteiger charge is -2.09. The molecule has 4 heteroatoms. The van der Waals surface area contributed by atoms with Gasteiger partial charge in [-0.3, -0.25) is 4.79 Å². The summed E-state index contributed by atoms with van der Waals surface area (Å²) in [5.74, 6) is 0.143. The third-order valence-corrected chi connectivity index (χ3v) is 3.61. The van der Waals surface area contributed by atoms with Crippen molar-refractivity contribution in [3.05, 3.63) is 34.4 Å². The first-order valence-corrected chi connectivity index (χ1v) is 6.86. The van der Waals surface area contributed by atoms with Gasteiger partial charge in [0.2, 0.25) is 0 Å². The number of carbonyl (C=O) groups is 1. The maximum Gasteiger partial charge on any atom is 0.181 e. The fourth-order valence-electron chi connectivity index (χ4n) is 2.19. The lowest BCUT2D eigenvalue weighted by molar-refractivity contribution is 0.0953. The molecule has 0 saturated carbocycles. The van der Waals surface area contributed by atoms with Crippen molar-refractivity contribution in [2.45, 2.75) is 19.9 Å². The number of carbonyl (C=O) groups excluding carboxylic acids is 1. The Kier molecular flexibility index (Phi) is 3.88. The molecule has 1 atom stereocenters. The minimum Gasteiger partial charge on any atom is -0.350 e. The molecular formula is C14H17BrN2O. The van der Waals surface area contributed by atoms with Crippen LogP contribution in [0.5, 0.6) is 0 Å². The number of aryl methyl sites for hydroxylation is 1. The molecule has 0 amide bonds. The lowest BCUT2D eigenvalue weighted by atomic mass is 10.0. The molecule has 2 rings (SSSR count). The number of benzene rings is 1. The fourth-order valence-corrected chi connectivity index (χ4v) is 2.53. The number of aromatic nitrogens is 1. The molecular weight excluding hydrogens is 292 g/mol. The lowest BCUT2D eigenvalue weighted by Crippen LogP contribution is -2.33. The van der Waals surface area contributed by atoms with Crippen LogP contribution in [0.25, 0.3) is 10.9 Å². The monoisotopic (exact) mass is 308 g/mol. The van der Waals surface area contributed by atoms with E-state index in [-0.39, 0.29) is 11.8 Å². The van der Waals surface area contributed by atoms with Gasteiger partial charge in [-0.05, 0) is 25.6 Å². The van der Waals surface area contributed by atoms with Crippen molar-refractivity contribution >= 4 is 32.6 Å². The average molecular weight is 309 g/mol. The fraction of sp³-hybridized carbons (Fsp3) is 0.357. The standard InChI is InChI=1S/C14H17BrN2O/c1-4-16-9(2)14(18)12-8-17(3)13-7-10(15)5-6-11(12)13/h5-9,16H,4H2,1-3H3. The highest BCUT2D eigenvalue weighted by molar-refractivity contribution is 9.10. The first kappa shape index (κ1) is 13.3. The molecule has 0 spiro atoms. The van der Waals surface area contributed by atoms with E-state index >= 15 is 0 Å². The molecule has 1 heterocycles. The Morgan fingerprint density at radius 1 is 1.50 bits per heavy atom. The van der Waals surface area contributed by atoms with Gasteiger partial charge in [0.25, 0.3) is 0 Å². The van der Waals surface area contributed by atoms with Gasteiger partial charge in [0.15, 0.2) is 5.78 Å². The highest BCUT2D eigenvalue weighted by Crippen LogP contribution is 2.25. The van der Waals surface area contributed by atoms with Gasteiger partial charge >= 0.3 is 0 Å². The van der Waals surface area contributed by atoms with Gasteiger partial charge in [0, 0.05) is 34.2 Å². The molecule has 0 bridgehead atoms. The maximum absolute atomic E-state index is 12.4. The second-order valence-electron chi connectivity index (χ2n) is 4.46. The number of halogens is 1. The molecule has 0 aliphatic carbocycles. The smallest absolute Gasteiger partial charge is 0.181 e. The highest BCUT2D eigenvalue weighted by Gasteiger charge is 2.18. The van der Waals surface area contributed by atoms with Gasteiger partial charge in [0.1, 0.15) is 0 Å². The Morgan fingerprint density at radius 2 is 2.22 bits per heavy atom. The Morgan fingerprint density at radius 3 is 2.89 bits per heavy atom. The first-order valence-electron chi connectivity index (χ1n) is 6.06. The predicted molar refractivity (Wildman–Crippen MR) is 78.1 cm³/mol. The van der Waals surface area contributed by atoms with E-state index in [0.29, 0.717) is 0 Å². The Labute approximate surface area is 115 Å². The van der Waals surface area contributed by atoms with E-state index in [0.717, 1.165) is 27.5 Å². The predicted octanol–water partition coefficient (Wildman–Crippen LogP) is 3.12. The number of hydrogen-bond donors (Lipinski definition) is 1. The molecule has 18 heavy (non-hydrogen) atoms. The van der Waals surface area contributed by atoms with Crippen LogP contribution >= 0.6 is 15.9 Å². The Bertz CT molecular complexity index is 589. The summed E-state index contributed by atoms with van der Waals surface area (Å²) in [4.78, 5) is 12.4. The van der Waals surface area contributed by atoms with Crippen molar-refractivity contribution in [3.63, 3.8) is 0 Å². The van der Waals surface area contributed by atoms with Crippen LogP contribution in [0.15, 0.2) is 28.9 Å². The maximum atomic E-state index is 12.4. The number of hydrogen-bond acceptors (Lipinski definition) is 2. The normalized spacial score (nSPS) is 12.9. The van der Waals surface area contributed by atoms with E-state index in [1.165, 1.54) is 0 Å². The van der Waals surface area contributed by atoms with Gasteiger partial charge in [-0.2, -0.15) is 0 Å². The van der Waals surface area contributed by atoms with Crippen molar-refractivity contribution in [1.82, 2.24) is 9.88 Å². The molecule has 0 aliphatic heterocycles. The van der Waals surface area contributed by atoms with Gasteiger partial charge in [-0.1, -0.05) is 28.9 Å². The largest absolute Gasteiger partial charge is 0.350 e. The van der Waals surface area contributed by atoms with Crippen LogP contribution in [0.2, 0.25) is 0 Å². The van der Waals surface area contributed by atoms with E-state index < -0.39 is 0 Å². The number of fused-ring (bicyclic) bond motifs is 1. The first-order chi connectivity index (χ1) is 8.54. The number of nitrogens with zero attached hydrogens (tertiary/aromatic N) is 1. The van der Waals surface area contributed by atoms with Crippen LogP contribution in [0.1, 0.15) is 24.2 Å². The summed E-state index contributed by atoms with van der Waals surface area (Å²) in [6.45, 7) is 4.71. The van der Waals surface area contributed by atoms with Gasteiger partial charge in [-0.15, -0.1) is 0 Å². The van der Waals surface area contributed by atoms with Crippen LogP contribution in [-0.2, 0) is 7.05 Å². The van der Waals surface area contributed by atoms with Crippen molar-refractivity contribution in [2.24, 2.45) is 7.05 Å². The second-order valence-corrected chi connectivity index (χ2v) is 5.37. The van der Waals surface area contributed by atoms with Gasteiger partial charge < -0.3 is 9.88 Å². The average Bonchev–Trinajstić information content (AvgIpc) is 2.66. The van der Waals surface area contributed by atoms with Crippen LogP contribution in [0, 0.1) is 0 Å². The van der Waals surface area contributed by atoms with Crippen molar-refractivity contribution in [3.8, 4) is 0 Å². The van der Waals surface area contributed by atoms with E-state index in [1.807, 2.05) is 49.9 Å². The zero-order valence-corrected chi connectivity index (χ0v) is 12.4. The second kappa shape index (κ2) is 5.24. The topological polar surface area (TPSA) is 34.0 Å². The number of ketones is 1. The quantitative estimate of drug-likeness (QED) is 0.881. The molecule has 0 saturated heterocycles. The zero-order chi connectivity index (χ0) is 13.3. The summed E-state index contributed by atoms with van der Waals surface area (Å²) in [5.41, 5.74) is 1.85. The van der Waals surface area contributed by atoms with Crippen LogP contribution in [0.3, 0.4) is 0 Å². The third kappa shape index (κ3) is 2.35. The van der Waals surface area contributed by atoms with Gasteiger partial charge in [-0.25, -0.2) is 0 Å². The summed E-state index contributed by atoms with van der Waals surface area (Å²) in [7, 11) is 1.96. The summed E-state index contributed by atoms with van der Waals surface area (Å²) in [5, 5.41) is 4.17. The van der Waals surface area contributed by atoms with Crippen molar-refractivity contribution in [2.75, 3.05) is 6.54 Å². The van der Waals surface area contributed by atoms with E-state index in [9.17, 15) is 4.79 Å². The molecule has 0 radical (unpaired) electrons. The zero-order valence-electron chi connectivity index (χ0n) is 10.8. The SMILES string of the molecule is CCNC(C)C(=O)c1cn(C)c2cc(Br)ccc12. The highest BCUT2D eigenvalue weighted by atomic mass is 79.9. The molecule has 96 valence electrons. The molecule has 1 N–H and O–H groups in total.